The Morgan fingerprint density at radius 1 is 1.08 bits per heavy atom. The van der Waals surface area contributed by atoms with Crippen molar-refractivity contribution in [3.05, 3.63) is 35.9 Å². The number of likely N-dealkylation sites (tertiary alicyclic amines) is 2. The van der Waals surface area contributed by atoms with E-state index in [1.807, 2.05) is 30.3 Å². The number of carboxylic acids is 1. The van der Waals surface area contributed by atoms with E-state index in [-0.39, 0.29) is 31.8 Å². The number of amides is 3. The highest BCUT2D eigenvalue weighted by atomic mass is 16.6. The first kappa shape index (κ1) is 27.4. The topological polar surface area (TPSA) is 136 Å². The van der Waals surface area contributed by atoms with Crippen LogP contribution in [0.1, 0.15) is 58.9 Å². The van der Waals surface area contributed by atoms with Crippen LogP contribution in [0.5, 0.6) is 0 Å². The monoisotopic (exact) mass is 503 g/mol. The summed E-state index contributed by atoms with van der Waals surface area (Å²) in [7, 11) is 0. The number of carbonyl (C=O) groups is 4. The minimum absolute atomic E-state index is 0.173. The predicted molar refractivity (Wildman–Crippen MR) is 131 cm³/mol. The summed E-state index contributed by atoms with van der Waals surface area (Å²) in [6.07, 6.45) is 0.0247. The molecule has 1 aromatic carbocycles. The molecule has 3 atom stereocenters. The Labute approximate surface area is 211 Å². The van der Waals surface area contributed by atoms with Gasteiger partial charge >= 0.3 is 12.1 Å². The van der Waals surface area contributed by atoms with Crippen LogP contribution in [0.2, 0.25) is 0 Å². The van der Waals surface area contributed by atoms with E-state index in [4.69, 9.17) is 4.74 Å². The maximum Gasteiger partial charge on any atom is 0.410 e. The number of ether oxygens (including phenoxy) is 1. The van der Waals surface area contributed by atoms with Gasteiger partial charge in [0, 0.05) is 19.6 Å². The second-order valence-corrected chi connectivity index (χ2v) is 10.6. The summed E-state index contributed by atoms with van der Waals surface area (Å²) < 4.78 is 5.48. The second-order valence-electron chi connectivity index (χ2n) is 10.6. The summed E-state index contributed by atoms with van der Waals surface area (Å²) in [6, 6.07) is 7.02. The number of hydrogen-bond acceptors (Lipinski definition) is 6. The number of aliphatic hydroxyl groups excluding tert-OH is 1. The van der Waals surface area contributed by atoms with Gasteiger partial charge in [-0.15, -0.1) is 0 Å². The number of benzene rings is 1. The zero-order chi connectivity index (χ0) is 26.7. The first-order chi connectivity index (χ1) is 16.9. The SMILES string of the molecule is C[C@H](O)[C@H](NC(=O)C1(c2ccccc2)CCN(C(=O)[C@H]2CCCN2C(=O)OC(C)(C)C)CC1)C(=O)O. The van der Waals surface area contributed by atoms with Crippen molar-refractivity contribution in [2.45, 2.75) is 82.6 Å². The standard InChI is InChI=1S/C26H37N3O7/c1-17(30)20(22(32)33)27-23(34)26(18-9-6-5-7-10-18)12-15-28(16-13-26)21(31)19-11-8-14-29(19)24(35)36-25(2,3)4/h5-7,9-10,17,19-20,30H,8,11-16H2,1-4H3,(H,27,34)(H,32,33)/t17-,19+,20-/m0/s1. The van der Waals surface area contributed by atoms with Gasteiger partial charge in [0.25, 0.3) is 0 Å². The number of rotatable bonds is 6. The van der Waals surface area contributed by atoms with Gasteiger partial charge in [-0.3, -0.25) is 14.5 Å². The van der Waals surface area contributed by atoms with Gasteiger partial charge in [0.1, 0.15) is 11.6 Å². The molecule has 3 N–H and O–H groups in total. The Hall–Kier alpha value is -3.14. The number of hydrogen-bond donors (Lipinski definition) is 3. The number of aliphatic carboxylic acids is 1. The van der Waals surface area contributed by atoms with Crippen LogP contribution in [-0.4, -0.2) is 87.3 Å². The molecule has 2 saturated heterocycles. The van der Waals surface area contributed by atoms with E-state index in [1.165, 1.54) is 11.8 Å². The lowest BCUT2D eigenvalue weighted by Crippen LogP contribution is -2.59. The van der Waals surface area contributed by atoms with Gasteiger partial charge in [0.15, 0.2) is 6.04 Å². The minimum atomic E-state index is -1.45. The molecule has 0 radical (unpaired) electrons. The summed E-state index contributed by atoms with van der Waals surface area (Å²) in [4.78, 5) is 54.3. The van der Waals surface area contributed by atoms with E-state index in [9.17, 15) is 29.4 Å². The normalized spacial score (nSPS) is 21.4. The maximum absolute atomic E-state index is 13.5. The lowest BCUT2D eigenvalue weighted by atomic mass is 9.71. The molecule has 2 fully saturated rings. The Balaban J connectivity index is 1.77. The van der Waals surface area contributed by atoms with Crippen LogP contribution in [0.4, 0.5) is 4.79 Å². The van der Waals surface area contributed by atoms with E-state index < -0.39 is 47.2 Å². The molecular weight excluding hydrogens is 466 g/mol. The zero-order valence-corrected chi connectivity index (χ0v) is 21.4. The number of piperidine rings is 1. The molecule has 0 unspecified atom stereocenters. The van der Waals surface area contributed by atoms with E-state index >= 15 is 0 Å². The van der Waals surface area contributed by atoms with Crippen molar-refractivity contribution in [1.82, 2.24) is 15.1 Å². The third-order valence-electron chi connectivity index (χ3n) is 6.89. The molecule has 0 spiro atoms. The molecule has 1 aromatic rings. The Bertz CT molecular complexity index is 965. The van der Waals surface area contributed by atoms with Crippen LogP contribution in [-0.2, 0) is 24.5 Å². The fourth-order valence-corrected chi connectivity index (χ4v) is 4.95. The molecule has 36 heavy (non-hydrogen) atoms. The summed E-state index contributed by atoms with van der Waals surface area (Å²) in [6.45, 7) is 7.65. The van der Waals surface area contributed by atoms with Crippen LogP contribution in [0.15, 0.2) is 30.3 Å². The smallest absolute Gasteiger partial charge is 0.410 e. The van der Waals surface area contributed by atoms with E-state index in [0.29, 0.717) is 19.4 Å². The lowest BCUT2D eigenvalue weighted by Gasteiger charge is -2.42. The van der Waals surface area contributed by atoms with Gasteiger partial charge < -0.3 is 25.2 Å². The van der Waals surface area contributed by atoms with Crippen LogP contribution in [0.3, 0.4) is 0 Å². The first-order valence-corrected chi connectivity index (χ1v) is 12.4. The molecule has 2 aliphatic rings. The van der Waals surface area contributed by atoms with E-state index in [2.05, 4.69) is 5.32 Å². The summed E-state index contributed by atoms with van der Waals surface area (Å²) in [5.41, 5.74) is -0.997. The van der Waals surface area contributed by atoms with Crippen LogP contribution >= 0.6 is 0 Å². The Morgan fingerprint density at radius 3 is 2.22 bits per heavy atom. The lowest BCUT2D eigenvalue weighted by molar-refractivity contribution is -0.146. The molecule has 3 amide bonds. The first-order valence-electron chi connectivity index (χ1n) is 12.4. The number of carbonyl (C=O) groups excluding carboxylic acids is 3. The third-order valence-corrected chi connectivity index (χ3v) is 6.89. The molecule has 3 rings (SSSR count). The van der Waals surface area contributed by atoms with Crippen molar-refractivity contribution < 1.29 is 34.1 Å². The Kier molecular flexibility index (Phi) is 8.28. The fourth-order valence-electron chi connectivity index (χ4n) is 4.95. The molecule has 198 valence electrons. The van der Waals surface area contributed by atoms with Crippen LogP contribution in [0.25, 0.3) is 0 Å². The van der Waals surface area contributed by atoms with Crippen LogP contribution < -0.4 is 5.32 Å². The second kappa shape index (κ2) is 10.9. The largest absolute Gasteiger partial charge is 0.480 e. The Morgan fingerprint density at radius 2 is 1.69 bits per heavy atom. The highest BCUT2D eigenvalue weighted by molar-refractivity contribution is 5.92. The molecule has 0 saturated carbocycles. The minimum Gasteiger partial charge on any atom is -0.480 e. The molecule has 0 aromatic heterocycles. The van der Waals surface area contributed by atoms with Crippen molar-refractivity contribution in [1.29, 1.82) is 0 Å². The number of aliphatic hydroxyl groups is 1. The van der Waals surface area contributed by atoms with Gasteiger partial charge in [-0.25, -0.2) is 9.59 Å². The maximum atomic E-state index is 13.5. The molecule has 0 aliphatic carbocycles. The van der Waals surface area contributed by atoms with E-state index in [1.54, 1.807) is 25.7 Å². The molecule has 10 nitrogen and oxygen atoms in total. The van der Waals surface area contributed by atoms with Crippen molar-refractivity contribution >= 4 is 23.9 Å². The van der Waals surface area contributed by atoms with Gasteiger partial charge in [-0.1, -0.05) is 30.3 Å². The van der Waals surface area contributed by atoms with Crippen molar-refractivity contribution in [2.24, 2.45) is 0 Å². The van der Waals surface area contributed by atoms with Crippen molar-refractivity contribution in [3.8, 4) is 0 Å². The van der Waals surface area contributed by atoms with Crippen molar-refractivity contribution in [2.75, 3.05) is 19.6 Å². The average Bonchev–Trinajstić information content (AvgIpc) is 3.31. The number of carboxylic acid groups (broad SMARTS) is 1. The number of nitrogens with zero attached hydrogens (tertiary/aromatic N) is 2. The fraction of sp³-hybridized carbons (Fsp3) is 0.615. The van der Waals surface area contributed by atoms with Gasteiger partial charge in [0.2, 0.25) is 11.8 Å². The summed E-state index contributed by atoms with van der Waals surface area (Å²) in [5.74, 6) is -1.99. The third kappa shape index (κ3) is 5.98. The summed E-state index contributed by atoms with van der Waals surface area (Å²) >= 11 is 0. The van der Waals surface area contributed by atoms with Gasteiger partial charge in [0.05, 0.1) is 11.5 Å². The quantitative estimate of drug-likeness (QED) is 0.539. The molecule has 10 heteroatoms. The highest BCUT2D eigenvalue weighted by Gasteiger charge is 2.47. The average molecular weight is 504 g/mol. The molecule has 2 aliphatic heterocycles. The van der Waals surface area contributed by atoms with E-state index in [0.717, 1.165) is 5.56 Å². The molecule has 0 bridgehead atoms. The van der Waals surface area contributed by atoms with Crippen molar-refractivity contribution in [3.63, 3.8) is 0 Å². The van der Waals surface area contributed by atoms with Gasteiger partial charge in [-0.2, -0.15) is 0 Å². The van der Waals surface area contributed by atoms with Crippen LogP contribution in [0, 0.1) is 0 Å². The predicted octanol–water partition coefficient (Wildman–Crippen LogP) is 1.90. The molecule has 2 heterocycles. The number of nitrogens with one attached hydrogen (secondary N) is 1. The molecular formula is C26H37N3O7. The summed E-state index contributed by atoms with van der Waals surface area (Å²) in [5, 5.41) is 21.8. The highest BCUT2D eigenvalue weighted by Crippen LogP contribution is 2.37. The zero-order valence-electron chi connectivity index (χ0n) is 21.4. The van der Waals surface area contributed by atoms with Gasteiger partial charge in [-0.05, 0) is 58.9 Å².